The summed E-state index contributed by atoms with van der Waals surface area (Å²) in [6.07, 6.45) is 1.66. The van der Waals surface area contributed by atoms with Gasteiger partial charge in [-0.3, -0.25) is 4.79 Å². The second kappa shape index (κ2) is 5.23. The lowest BCUT2D eigenvalue weighted by atomic mass is 10.1. The van der Waals surface area contributed by atoms with Crippen molar-refractivity contribution in [2.75, 3.05) is 6.54 Å². The molecule has 0 saturated heterocycles. The summed E-state index contributed by atoms with van der Waals surface area (Å²) in [6, 6.07) is 8.50. The average molecular weight is 257 g/mol. The number of para-hydroxylation sites is 1. The summed E-state index contributed by atoms with van der Waals surface area (Å²) in [5, 5.41) is 20.7. The molecule has 0 aliphatic heterocycles. The Bertz CT molecular complexity index is 682. The minimum Gasteiger partial charge on any atom is -0.478 e. The molecule has 1 heterocycles. The number of carboxylic acid groups (broad SMARTS) is 1. The molecule has 0 atom stereocenters. The number of nitrogens with zero attached hydrogens (tertiary/aromatic N) is 2. The fourth-order valence-electron chi connectivity index (χ4n) is 1.91. The van der Waals surface area contributed by atoms with Crippen molar-refractivity contribution in [2.45, 2.75) is 6.54 Å². The van der Waals surface area contributed by atoms with Crippen LogP contribution in [0.1, 0.15) is 10.4 Å². The van der Waals surface area contributed by atoms with Crippen LogP contribution in [-0.4, -0.2) is 28.1 Å². The molecular formula is C13H11N3O3. The third-order valence-corrected chi connectivity index (χ3v) is 2.70. The largest absolute Gasteiger partial charge is 0.478 e. The van der Waals surface area contributed by atoms with Crippen LogP contribution < -0.4 is 5.32 Å². The topological polar surface area (TPSA) is 95.1 Å². The second-order valence-corrected chi connectivity index (χ2v) is 3.93. The summed E-state index contributed by atoms with van der Waals surface area (Å²) in [5.74, 6) is -1.37. The van der Waals surface area contributed by atoms with Crippen molar-refractivity contribution in [3.05, 3.63) is 36.0 Å². The number of benzene rings is 1. The average Bonchev–Trinajstić information content (AvgIpc) is 2.79. The van der Waals surface area contributed by atoms with E-state index in [1.54, 1.807) is 29.0 Å². The van der Waals surface area contributed by atoms with E-state index >= 15 is 0 Å². The molecule has 96 valence electrons. The fourth-order valence-corrected chi connectivity index (χ4v) is 1.91. The molecule has 1 amide bonds. The third kappa shape index (κ3) is 2.55. The molecule has 6 nitrogen and oxygen atoms in total. The Morgan fingerprint density at radius 2 is 2.16 bits per heavy atom. The van der Waals surface area contributed by atoms with Gasteiger partial charge in [0.25, 0.3) is 0 Å². The Hall–Kier alpha value is -2.81. The molecule has 0 spiro atoms. The van der Waals surface area contributed by atoms with Gasteiger partial charge < -0.3 is 15.0 Å². The summed E-state index contributed by atoms with van der Waals surface area (Å²) >= 11 is 0. The SMILES string of the molecule is N#CCNC(=O)Cn1ccc2cccc(C(=O)O)c21. The first-order valence-corrected chi connectivity index (χ1v) is 5.58. The van der Waals surface area contributed by atoms with Crippen LogP contribution >= 0.6 is 0 Å². The van der Waals surface area contributed by atoms with E-state index in [1.165, 1.54) is 6.07 Å². The first-order chi connectivity index (χ1) is 9.13. The van der Waals surface area contributed by atoms with Crippen molar-refractivity contribution < 1.29 is 14.7 Å². The maximum atomic E-state index is 11.6. The standard InChI is InChI=1S/C13H11N3O3/c14-5-6-15-11(17)8-16-7-4-9-2-1-3-10(12(9)16)13(18)19/h1-4,7H,6,8H2,(H,15,17)(H,18,19). The van der Waals surface area contributed by atoms with Gasteiger partial charge in [0.15, 0.2) is 0 Å². The Morgan fingerprint density at radius 1 is 1.37 bits per heavy atom. The van der Waals surface area contributed by atoms with Gasteiger partial charge in [0.05, 0.1) is 17.1 Å². The second-order valence-electron chi connectivity index (χ2n) is 3.93. The van der Waals surface area contributed by atoms with Gasteiger partial charge in [0, 0.05) is 11.6 Å². The highest BCUT2D eigenvalue weighted by atomic mass is 16.4. The van der Waals surface area contributed by atoms with Crippen molar-refractivity contribution in [3.63, 3.8) is 0 Å². The van der Waals surface area contributed by atoms with Gasteiger partial charge in [0.2, 0.25) is 5.91 Å². The monoisotopic (exact) mass is 257 g/mol. The summed E-state index contributed by atoms with van der Waals surface area (Å²) in [4.78, 5) is 22.7. The molecular weight excluding hydrogens is 246 g/mol. The number of carbonyl (C=O) groups excluding carboxylic acids is 1. The molecule has 0 unspecified atom stereocenters. The number of rotatable bonds is 4. The number of fused-ring (bicyclic) bond motifs is 1. The van der Waals surface area contributed by atoms with E-state index in [-0.39, 0.29) is 24.6 Å². The normalized spacial score (nSPS) is 10.1. The van der Waals surface area contributed by atoms with E-state index in [4.69, 9.17) is 10.4 Å². The minimum atomic E-state index is -1.04. The number of amides is 1. The third-order valence-electron chi connectivity index (χ3n) is 2.70. The van der Waals surface area contributed by atoms with E-state index in [9.17, 15) is 9.59 Å². The summed E-state index contributed by atoms with van der Waals surface area (Å²) in [5.41, 5.74) is 0.651. The number of hydrogen-bond donors (Lipinski definition) is 2. The highest BCUT2D eigenvalue weighted by molar-refractivity contribution is 6.02. The number of carboxylic acids is 1. The van der Waals surface area contributed by atoms with Gasteiger partial charge in [-0.2, -0.15) is 5.26 Å². The van der Waals surface area contributed by atoms with Crippen molar-refractivity contribution in [1.29, 1.82) is 5.26 Å². The van der Waals surface area contributed by atoms with Crippen LogP contribution in [0.15, 0.2) is 30.5 Å². The predicted octanol–water partition coefficient (Wildman–Crippen LogP) is 0.979. The molecule has 2 rings (SSSR count). The van der Waals surface area contributed by atoms with Crippen molar-refractivity contribution in [1.82, 2.24) is 9.88 Å². The van der Waals surface area contributed by atoms with E-state index < -0.39 is 5.97 Å². The number of carbonyl (C=O) groups is 2. The molecule has 0 radical (unpaired) electrons. The number of aromatic carboxylic acids is 1. The van der Waals surface area contributed by atoms with E-state index in [1.807, 2.05) is 6.07 Å². The summed E-state index contributed by atoms with van der Waals surface area (Å²) in [6.45, 7) is -0.0840. The fraction of sp³-hybridized carbons (Fsp3) is 0.154. The Labute approximate surface area is 108 Å². The number of nitriles is 1. The van der Waals surface area contributed by atoms with Crippen LogP contribution in [0.5, 0.6) is 0 Å². The maximum Gasteiger partial charge on any atom is 0.337 e. The quantitative estimate of drug-likeness (QED) is 0.798. The highest BCUT2D eigenvalue weighted by Crippen LogP contribution is 2.20. The molecule has 0 bridgehead atoms. The molecule has 19 heavy (non-hydrogen) atoms. The first kappa shape index (κ1) is 12.6. The molecule has 1 aromatic carbocycles. The Morgan fingerprint density at radius 3 is 2.84 bits per heavy atom. The van der Waals surface area contributed by atoms with E-state index in [2.05, 4.69) is 5.32 Å². The van der Waals surface area contributed by atoms with Gasteiger partial charge in [-0.1, -0.05) is 12.1 Å². The van der Waals surface area contributed by atoms with Crippen LogP contribution in [0.25, 0.3) is 10.9 Å². The van der Waals surface area contributed by atoms with Crippen molar-refractivity contribution in [3.8, 4) is 6.07 Å². The summed E-state index contributed by atoms with van der Waals surface area (Å²) in [7, 11) is 0. The van der Waals surface area contributed by atoms with E-state index in [0.29, 0.717) is 5.52 Å². The van der Waals surface area contributed by atoms with Gasteiger partial charge in [-0.25, -0.2) is 4.79 Å². The lowest BCUT2D eigenvalue weighted by Crippen LogP contribution is -2.27. The van der Waals surface area contributed by atoms with E-state index in [0.717, 1.165) is 5.39 Å². The zero-order chi connectivity index (χ0) is 13.8. The van der Waals surface area contributed by atoms with Gasteiger partial charge in [0.1, 0.15) is 13.1 Å². The molecule has 0 fully saturated rings. The molecule has 0 aliphatic rings. The molecule has 2 N–H and O–H groups in total. The van der Waals surface area contributed by atoms with Crippen molar-refractivity contribution >= 4 is 22.8 Å². The molecule has 0 saturated carbocycles. The zero-order valence-electron chi connectivity index (χ0n) is 9.96. The number of hydrogen-bond acceptors (Lipinski definition) is 3. The van der Waals surface area contributed by atoms with Crippen molar-refractivity contribution in [2.24, 2.45) is 0 Å². The lowest BCUT2D eigenvalue weighted by molar-refractivity contribution is -0.121. The van der Waals surface area contributed by atoms with Crippen LogP contribution in [-0.2, 0) is 11.3 Å². The zero-order valence-corrected chi connectivity index (χ0v) is 9.96. The van der Waals surface area contributed by atoms with Gasteiger partial charge >= 0.3 is 5.97 Å². The maximum absolute atomic E-state index is 11.6. The predicted molar refractivity (Wildman–Crippen MR) is 67.5 cm³/mol. The number of aromatic nitrogens is 1. The molecule has 2 aromatic rings. The molecule has 1 aromatic heterocycles. The minimum absolute atomic E-state index is 0.0184. The van der Waals surface area contributed by atoms with Gasteiger partial charge in [-0.05, 0) is 12.1 Å². The Kier molecular flexibility index (Phi) is 3.48. The summed E-state index contributed by atoms with van der Waals surface area (Å²) < 4.78 is 1.56. The first-order valence-electron chi connectivity index (χ1n) is 5.58. The highest BCUT2D eigenvalue weighted by Gasteiger charge is 2.13. The molecule has 0 aliphatic carbocycles. The lowest BCUT2D eigenvalue weighted by Gasteiger charge is -2.07. The Balaban J connectivity index is 2.37. The van der Waals surface area contributed by atoms with Crippen LogP contribution in [0.4, 0.5) is 0 Å². The smallest absolute Gasteiger partial charge is 0.337 e. The van der Waals surface area contributed by atoms with Crippen LogP contribution in [0.3, 0.4) is 0 Å². The number of nitrogens with one attached hydrogen (secondary N) is 1. The van der Waals surface area contributed by atoms with Gasteiger partial charge in [-0.15, -0.1) is 0 Å². The molecule has 6 heteroatoms. The van der Waals surface area contributed by atoms with Crippen LogP contribution in [0, 0.1) is 11.3 Å². The van der Waals surface area contributed by atoms with Crippen LogP contribution in [0.2, 0.25) is 0 Å².